The number of anilines is 2. The highest BCUT2D eigenvalue weighted by molar-refractivity contribution is 7.93. The maximum atomic E-state index is 11.9. The van der Waals surface area contributed by atoms with E-state index in [1.807, 2.05) is 6.07 Å². The third-order valence-electron chi connectivity index (χ3n) is 2.77. The zero-order valence-corrected chi connectivity index (χ0v) is 10.1. The Balaban J connectivity index is 2.48. The molecule has 0 unspecified atom stereocenters. The molecule has 1 aromatic carbocycles. The van der Waals surface area contributed by atoms with E-state index in [-0.39, 0.29) is 0 Å². The normalized spacial score (nSPS) is 15.1. The van der Waals surface area contributed by atoms with E-state index in [1.54, 1.807) is 18.2 Å². The van der Waals surface area contributed by atoms with Crippen molar-refractivity contribution in [2.24, 2.45) is 0 Å². The number of nitrogens with two attached hydrogens (primary N) is 1. The van der Waals surface area contributed by atoms with Gasteiger partial charge in [-0.25, -0.2) is 8.42 Å². The lowest BCUT2D eigenvalue weighted by atomic mass is 10.0. The number of hydrogen-bond acceptors (Lipinski definition) is 4. The summed E-state index contributed by atoms with van der Waals surface area (Å²) in [5.74, 6) is -0.499. The van der Waals surface area contributed by atoms with Gasteiger partial charge in [-0.15, -0.1) is 0 Å². The van der Waals surface area contributed by atoms with Crippen LogP contribution in [-0.4, -0.2) is 20.7 Å². The second kappa shape index (κ2) is 4.26. The van der Waals surface area contributed by atoms with Crippen LogP contribution in [0.2, 0.25) is 0 Å². The number of hydrogen-bond donors (Lipinski definition) is 1. The van der Waals surface area contributed by atoms with Crippen LogP contribution in [0.3, 0.4) is 0 Å². The fourth-order valence-electron chi connectivity index (χ4n) is 2.01. The quantitative estimate of drug-likeness (QED) is 0.790. The highest BCUT2D eigenvalue weighted by Gasteiger charge is 2.27. The monoisotopic (exact) mass is 251 g/mol. The summed E-state index contributed by atoms with van der Waals surface area (Å²) in [4.78, 5) is 0. The lowest BCUT2D eigenvalue weighted by Gasteiger charge is -2.29. The number of nitriles is 1. The van der Waals surface area contributed by atoms with Crippen molar-refractivity contribution < 1.29 is 8.42 Å². The molecule has 0 aliphatic carbocycles. The zero-order valence-electron chi connectivity index (χ0n) is 9.26. The van der Waals surface area contributed by atoms with Crippen molar-refractivity contribution in [1.82, 2.24) is 0 Å². The molecule has 0 spiro atoms. The molecule has 17 heavy (non-hydrogen) atoms. The summed E-state index contributed by atoms with van der Waals surface area (Å²) < 4.78 is 25.1. The van der Waals surface area contributed by atoms with Gasteiger partial charge in [0.05, 0.1) is 11.8 Å². The van der Waals surface area contributed by atoms with Crippen LogP contribution in [0.25, 0.3) is 0 Å². The Morgan fingerprint density at radius 3 is 2.94 bits per heavy atom. The number of nitrogens with zero attached hydrogens (tertiary/aromatic N) is 2. The van der Waals surface area contributed by atoms with Gasteiger partial charge in [-0.05, 0) is 30.5 Å². The molecule has 1 aliphatic heterocycles. The highest BCUT2D eigenvalue weighted by Crippen LogP contribution is 2.31. The SMILES string of the molecule is N#CCS(=O)(=O)N1CCCc2ccc(N)cc21. The van der Waals surface area contributed by atoms with Crippen molar-refractivity contribution in [2.75, 3.05) is 22.3 Å². The minimum absolute atomic E-state index is 0.417. The fraction of sp³-hybridized carbons (Fsp3) is 0.364. The fourth-order valence-corrected chi connectivity index (χ4v) is 3.20. The molecule has 2 N–H and O–H groups in total. The van der Waals surface area contributed by atoms with Gasteiger partial charge in [0.25, 0.3) is 0 Å². The molecule has 90 valence electrons. The minimum atomic E-state index is -3.55. The average molecular weight is 251 g/mol. The Labute approximate surface area is 101 Å². The summed E-state index contributed by atoms with van der Waals surface area (Å²) in [5, 5.41) is 8.55. The van der Waals surface area contributed by atoms with Crippen LogP contribution < -0.4 is 10.0 Å². The summed E-state index contributed by atoms with van der Waals surface area (Å²) in [6.07, 6.45) is 1.61. The molecule has 6 heteroatoms. The molecule has 1 aromatic rings. The molecule has 1 heterocycles. The molecule has 1 aliphatic rings. The van der Waals surface area contributed by atoms with Crippen molar-refractivity contribution in [1.29, 1.82) is 5.26 Å². The number of aryl methyl sites for hydroxylation is 1. The molecule has 2 rings (SSSR count). The van der Waals surface area contributed by atoms with Crippen LogP contribution in [0.4, 0.5) is 11.4 Å². The van der Waals surface area contributed by atoms with E-state index < -0.39 is 15.8 Å². The third-order valence-corrected chi connectivity index (χ3v) is 4.31. The molecule has 0 fully saturated rings. The van der Waals surface area contributed by atoms with Gasteiger partial charge < -0.3 is 5.73 Å². The van der Waals surface area contributed by atoms with Gasteiger partial charge >= 0.3 is 0 Å². The van der Waals surface area contributed by atoms with Crippen molar-refractivity contribution in [2.45, 2.75) is 12.8 Å². The number of benzene rings is 1. The average Bonchev–Trinajstić information content (AvgIpc) is 2.28. The maximum Gasteiger partial charge on any atom is 0.248 e. The second-order valence-electron chi connectivity index (χ2n) is 3.98. The predicted octanol–water partition coefficient (Wildman–Crippen LogP) is 0.875. The van der Waals surface area contributed by atoms with Gasteiger partial charge in [-0.1, -0.05) is 6.07 Å². The Morgan fingerprint density at radius 1 is 1.47 bits per heavy atom. The van der Waals surface area contributed by atoms with Crippen LogP contribution in [0, 0.1) is 11.3 Å². The van der Waals surface area contributed by atoms with E-state index >= 15 is 0 Å². The van der Waals surface area contributed by atoms with E-state index in [0.717, 1.165) is 18.4 Å². The standard InChI is InChI=1S/C11H13N3O2S/c12-5-7-17(15,16)14-6-1-2-9-3-4-10(13)8-11(9)14/h3-4,8H,1-2,6-7,13H2. The molecule has 0 saturated carbocycles. The first-order valence-corrected chi connectivity index (χ1v) is 6.91. The van der Waals surface area contributed by atoms with E-state index in [2.05, 4.69) is 0 Å². The van der Waals surface area contributed by atoms with Gasteiger partial charge in [0.15, 0.2) is 5.75 Å². The molecular weight excluding hydrogens is 238 g/mol. The summed E-state index contributed by atoms with van der Waals surface area (Å²) in [6, 6.07) is 6.96. The number of fused-ring (bicyclic) bond motifs is 1. The lowest BCUT2D eigenvalue weighted by molar-refractivity contribution is 0.590. The summed E-state index contributed by atoms with van der Waals surface area (Å²) >= 11 is 0. The molecule has 0 bridgehead atoms. The van der Waals surface area contributed by atoms with Crippen LogP contribution in [-0.2, 0) is 16.4 Å². The largest absolute Gasteiger partial charge is 0.399 e. The van der Waals surface area contributed by atoms with Gasteiger partial charge in [0.2, 0.25) is 10.0 Å². The first kappa shape index (κ1) is 11.7. The number of rotatable bonds is 2. The minimum Gasteiger partial charge on any atom is -0.399 e. The van der Waals surface area contributed by atoms with E-state index in [9.17, 15) is 8.42 Å². The van der Waals surface area contributed by atoms with E-state index in [0.29, 0.717) is 17.9 Å². The van der Waals surface area contributed by atoms with Gasteiger partial charge in [-0.2, -0.15) is 5.26 Å². The van der Waals surface area contributed by atoms with Crippen LogP contribution >= 0.6 is 0 Å². The topological polar surface area (TPSA) is 87.2 Å². The van der Waals surface area contributed by atoms with Crippen molar-refractivity contribution in [3.05, 3.63) is 23.8 Å². The Morgan fingerprint density at radius 2 is 2.24 bits per heavy atom. The van der Waals surface area contributed by atoms with Crippen LogP contribution in [0.15, 0.2) is 18.2 Å². The predicted molar refractivity (Wildman–Crippen MR) is 65.9 cm³/mol. The molecule has 0 aromatic heterocycles. The first-order chi connectivity index (χ1) is 8.04. The maximum absolute atomic E-state index is 11.9. The van der Waals surface area contributed by atoms with E-state index in [1.165, 1.54) is 4.31 Å². The van der Waals surface area contributed by atoms with Gasteiger partial charge in [0.1, 0.15) is 0 Å². The molecule has 0 amide bonds. The van der Waals surface area contributed by atoms with Crippen molar-refractivity contribution in [3.63, 3.8) is 0 Å². The first-order valence-electron chi connectivity index (χ1n) is 5.30. The van der Waals surface area contributed by atoms with Crippen molar-refractivity contribution >= 4 is 21.4 Å². The summed E-state index contributed by atoms with van der Waals surface area (Å²) in [6.45, 7) is 0.417. The molecule has 0 radical (unpaired) electrons. The van der Waals surface area contributed by atoms with E-state index in [4.69, 9.17) is 11.0 Å². The second-order valence-corrected chi connectivity index (χ2v) is 5.87. The smallest absolute Gasteiger partial charge is 0.248 e. The summed E-state index contributed by atoms with van der Waals surface area (Å²) in [7, 11) is -3.55. The van der Waals surface area contributed by atoms with Gasteiger partial charge in [-0.3, -0.25) is 4.31 Å². The number of nitrogen functional groups attached to an aromatic ring is 1. The molecule has 5 nitrogen and oxygen atoms in total. The molecule has 0 atom stereocenters. The lowest BCUT2D eigenvalue weighted by Crippen LogP contribution is -2.36. The van der Waals surface area contributed by atoms with Crippen LogP contribution in [0.5, 0.6) is 0 Å². The Hall–Kier alpha value is -1.74. The highest BCUT2D eigenvalue weighted by atomic mass is 32.2. The molecular formula is C11H13N3O2S. The zero-order chi connectivity index (χ0) is 12.5. The summed E-state index contributed by atoms with van der Waals surface area (Å²) in [5.41, 5.74) is 7.79. The van der Waals surface area contributed by atoms with Crippen molar-refractivity contribution in [3.8, 4) is 6.07 Å². The van der Waals surface area contributed by atoms with Gasteiger partial charge in [0, 0.05) is 12.2 Å². The molecule has 0 saturated heterocycles. The Kier molecular flexibility index (Phi) is 2.94. The third kappa shape index (κ3) is 2.19. The number of sulfonamides is 1. The van der Waals surface area contributed by atoms with Crippen LogP contribution in [0.1, 0.15) is 12.0 Å². The Bertz CT molecular complexity index is 575.